The van der Waals surface area contributed by atoms with Gasteiger partial charge >= 0.3 is 0 Å². The number of nitrogens with one attached hydrogen (secondary N) is 1. The molecule has 0 bridgehead atoms. The summed E-state index contributed by atoms with van der Waals surface area (Å²) >= 11 is 3.31. The lowest BCUT2D eigenvalue weighted by Crippen LogP contribution is -2.12. The number of halogens is 2. The first-order valence-electron chi connectivity index (χ1n) is 6.12. The van der Waals surface area contributed by atoms with Gasteiger partial charge in [0.1, 0.15) is 5.82 Å². The van der Waals surface area contributed by atoms with E-state index in [0.29, 0.717) is 4.47 Å². The van der Waals surface area contributed by atoms with Crippen LogP contribution < -0.4 is 10.5 Å². The molecule has 1 unspecified atom stereocenters. The summed E-state index contributed by atoms with van der Waals surface area (Å²) in [5.41, 5.74) is 1.64. The van der Waals surface area contributed by atoms with Gasteiger partial charge in [0.05, 0.1) is 4.90 Å². The molecular weight excluding hydrogens is 359 g/mol. The number of nitrogens with two attached hydrogens (primary N) is 1. The van der Waals surface area contributed by atoms with Crippen LogP contribution in [-0.2, 0) is 10.0 Å². The highest BCUT2D eigenvalue weighted by Crippen LogP contribution is 2.28. The topological polar surface area (TPSA) is 72.2 Å². The van der Waals surface area contributed by atoms with Crippen LogP contribution >= 0.6 is 15.9 Å². The fourth-order valence-corrected chi connectivity index (χ4v) is 3.04. The molecule has 7 heteroatoms. The fourth-order valence-electron chi connectivity index (χ4n) is 1.86. The monoisotopic (exact) mass is 372 g/mol. The molecule has 2 rings (SSSR count). The summed E-state index contributed by atoms with van der Waals surface area (Å²) < 4.78 is 36.0. The van der Waals surface area contributed by atoms with Crippen LogP contribution in [0.2, 0.25) is 0 Å². The summed E-state index contributed by atoms with van der Waals surface area (Å²) in [7, 11) is -3.73. The molecule has 3 N–H and O–H groups in total. The van der Waals surface area contributed by atoms with Crippen LogP contribution in [-0.4, -0.2) is 8.42 Å². The number of benzene rings is 2. The molecule has 21 heavy (non-hydrogen) atoms. The van der Waals surface area contributed by atoms with Crippen molar-refractivity contribution in [2.45, 2.75) is 17.9 Å². The molecular formula is C14H14BrFN2O2S. The van der Waals surface area contributed by atoms with Crippen molar-refractivity contribution in [3.05, 3.63) is 58.3 Å². The minimum absolute atomic E-state index is 0.0364. The van der Waals surface area contributed by atoms with E-state index in [4.69, 9.17) is 5.14 Å². The lowest BCUT2D eigenvalue weighted by atomic mass is 10.1. The van der Waals surface area contributed by atoms with Gasteiger partial charge in [0.15, 0.2) is 0 Å². The van der Waals surface area contributed by atoms with E-state index < -0.39 is 10.0 Å². The Balaban J connectivity index is 2.22. The molecule has 0 radical (unpaired) electrons. The lowest BCUT2D eigenvalue weighted by molar-refractivity contribution is 0.597. The number of rotatable bonds is 4. The van der Waals surface area contributed by atoms with Crippen molar-refractivity contribution in [1.82, 2.24) is 0 Å². The predicted molar refractivity (Wildman–Crippen MR) is 84.0 cm³/mol. The molecule has 0 aliphatic carbocycles. The zero-order valence-electron chi connectivity index (χ0n) is 11.2. The summed E-state index contributed by atoms with van der Waals surface area (Å²) in [6.45, 7) is 1.92. The number of primary sulfonamides is 1. The van der Waals surface area contributed by atoms with Gasteiger partial charge in [-0.3, -0.25) is 0 Å². The van der Waals surface area contributed by atoms with Crippen LogP contribution in [0.4, 0.5) is 10.1 Å². The normalized spacial score (nSPS) is 13.0. The van der Waals surface area contributed by atoms with Crippen LogP contribution in [0.3, 0.4) is 0 Å². The summed E-state index contributed by atoms with van der Waals surface area (Å²) in [5.74, 6) is -0.287. The Kier molecular flexibility index (Phi) is 4.65. The van der Waals surface area contributed by atoms with E-state index in [2.05, 4.69) is 21.2 Å². The first-order valence-corrected chi connectivity index (χ1v) is 8.45. The Morgan fingerprint density at radius 3 is 2.33 bits per heavy atom. The fraction of sp³-hybridized carbons (Fsp3) is 0.143. The van der Waals surface area contributed by atoms with Gasteiger partial charge in [0.2, 0.25) is 10.0 Å². The van der Waals surface area contributed by atoms with Crippen LogP contribution in [0.5, 0.6) is 0 Å². The Morgan fingerprint density at radius 1 is 1.19 bits per heavy atom. The van der Waals surface area contributed by atoms with E-state index >= 15 is 0 Å². The quantitative estimate of drug-likeness (QED) is 0.863. The van der Waals surface area contributed by atoms with E-state index in [9.17, 15) is 12.8 Å². The number of hydrogen-bond donors (Lipinski definition) is 2. The second-order valence-corrected chi connectivity index (χ2v) is 7.02. The molecule has 0 heterocycles. The molecule has 112 valence electrons. The van der Waals surface area contributed by atoms with Crippen molar-refractivity contribution < 1.29 is 12.8 Å². The maximum absolute atomic E-state index is 12.9. The molecule has 0 amide bonds. The molecule has 1 atom stereocenters. The Bertz CT molecular complexity index is 748. The third kappa shape index (κ3) is 4.03. The van der Waals surface area contributed by atoms with Gasteiger partial charge < -0.3 is 5.32 Å². The SMILES string of the molecule is CC(Nc1ccc(S(N)(=O)=O)cc1Br)c1ccc(F)cc1. The van der Waals surface area contributed by atoms with E-state index in [1.165, 1.54) is 24.3 Å². The second-order valence-electron chi connectivity index (χ2n) is 4.60. The lowest BCUT2D eigenvalue weighted by Gasteiger charge is -2.17. The Morgan fingerprint density at radius 2 is 1.81 bits per heavy atom. The van der Waals surface area contributed by atoms with E-state index in [1.807, 2.05) is 6.92 Å². The van der Waals surface area contributed by atoms with Gasteiger partial charge in [-0.1, -0.05) is 12.1 Å². The molecule has 2 aromatic carbocycles. The van der Waals surface area contributed by atoms with E-state index in [-0.39, 0.29) is 16.8 Å². The molecule has 2 aromatic rings. The highest BCUT2D eigenvalue weighted by atomic mass is 79.9. The van der Waals surface area contributed by atoms with Gasteiger partial charge in [-0.05, 0) is 58.7 Å². The zero-order valence-corrected chi connectivity index (χ0v) is 13.6. The maximum Gasteiger partial charge on any atom is 0.238 e. The summed E-state index contributed by atoms with van der Waals surface area (Å²) in [5, 5.41) is 8.30. The molecule has 0 aliphatic rings. The van der Waals surface area contributed by atoms with Crippen molar-refractivity contribution >= 4 is 31.6 Å². The molecule has 0 fully saturated rings. The van der Waals surface area contributed by atoms with Crippen molar-refractivity contribution in [3.63, 3.8) is 0 Å². The highest BCUT2D eigenvalue weighted by molar-refractivity contribution is 9.10. The zero-order chi connectivity index (χ0) is 15.6. The first kappa shape index (κ1) is 15.9. The van der Waals surface area contributed by atoms with Gasteiger partial charge in [-0.15, -0.1) is 0 Å². The van der Waals surface area contributed by atoms with Gasteiger partial charge in [0, 0.05) is 16.2 Å². The average Bonchev–Trinajstić information content (AvgIpc) is 2.40. The second kappa shape index (κ2) is 6.13. The molecule has 0 saturated heterocycles. The van der Waals surface area contributed by atoms with Crippen molar-refractivity contribution in [1.29, 1.82) is 0 Å². The number of sulfonamides is 1. The third-order valence-corrected chi connectivity index (χ3v) is 4.58. The van der Waals surface area contributed by atoms with Crippen molar-refractivity contribution in [3.8, 4) is 0 Å². The van der Waals surface area contributed by atoms with Gasteiger partial charge in [-0.2, -0.15) is 0 Å². The molecule has 4 nitrogen and oxygen atoms in total. The molecule has 0 aromatic heterocycles. The molecule has 0 saturated carbocycles. The smallest absolute Gasteiger partial charge is 0.238 e. The molecule has 0 aliphatic heterocycles. The summed E-state index contributed by atoms with van der Waals surface area (Å²) in [6, 6.07) is 10.6. The third-order valence-electron chi connectivity index (χ3n) is 3.01. The Hall–Kier alpha value is -1.44. The molecule has 0 spiro atoms. The predicted octanol–water partition coefficient (Wildman–Crippen LogP) is 3.41. The van der Waals surface area contributed by atoms with Crippen LogP contribution in [0.15, 0.2) is 51.8 Å². The maximum atomic E-state index is 12.9. The van der Waals surface area contributed by atoms with Crippen LogP contribution in [0.25, 0.3) is 0 Å². The average molecular weight is 373 g/mol. The minimum Gasteiger partial charge on any atom is -0.378 e. The highest BCUT2D eigenvalue weighted by Gasteiger charge is 2.12. The standard InChI is InChI=1S/C14H14BrFN2O2S/c1-9(10-2-4-11(16)5-3-10)18-14-7-6-12(8-13(14)15)21(17,19)20/h2-9,18H,1H3,(H2,17,19,20). The largest absolute Gasteiger partial charge is 0.378 e. The van der Waals surface area contributed by atoms with Crippen LogP contribution in [0, 0.1) is 5.82 Å². The summed E-state index contributed by atoms with van der Waals surface area (Å²) in [6.07, 6.45) is 0. The minimum atomic E-state index is -3.73. The van der Waals surface area contributed by atoms with Crippen molar-refractivity contribution in [2.24, 2.45) is 5.14 Å². The van der Waals surface area contributed by atoms with Crippen LogP contribution in [0.1, 0.15) is 18.5 Å². The van der Waals surface area contributed by atoms with Gasteiger partial charge in [0.25, 0.3) is 0 Å². The van der Waals surface area contributed by atoms with E-state index in [1.54, 1.807) is 18.2 Å². The number of anilines is 1. The van der Waals surface area contributed by atoms with Crippen molar-refractivity contribution in [2.75, 3.05) is 5.32 Å². The number of hydrogen-bond acceptors (Lipinski definition) is 3. The van der Waals surface area contributed by atoms with E-state index in [0.717, 1.165) is 11.3 Å². The first-order chi connectivity index (χ1) is 9.77. The Labute approximate surface area is 131 Å². The van der Waals surface area contributed by atoms with Gasteiger partial charge in [-0.25, -0.2) is 17.9 Å². The summed E-state index contributed by atoms with van der Waals surface area (Å²) in [4.78, 5) is 0.0364.